The van der Waals surface area contributed by atoms with Crippen molar-refractivity contribution in [2.24, 2.45) is 0 Å². The molecule has 30 heavy (non-hydrogen) atoms. The van der Waals surface area contributed by atoms with Gasteiger partial charge in [0.05, 0.1) is 32.0 Å². The molecule has 1 saturated heterocycles. The Labute approximate surface area is 180 Å². The fourth-order valence-electron chi connectivity index (χ4n) is 3.05. The molecule has 10 heteroatoms. The lowest BCUT2D eigenvalue weighted by Gasteiger charge is -2.26. The molecule has 0 aliphatic carbocycles. The SMILES string of the molecule is CCOc1ccc(NC(=O)Cc2nnc(SCC(=O)N3CCOCC3)n2CC)cc1. The van der Waals surface area contributed by atoms with E-state index in [0.717, 1.165) is 5.75 Å². The van der Waals surface area contributed by atoms with Crippen molar-refractivity contribution in [1.82, 2.24) is 19.7 Å². The number of amides is 2. The Bertz CT molecular complexity index is 849. The Morgan fingerprint density at radius 1 is 1.17 bits per heavy atom. The molecule has 0 bridgehead atoms. The van der Waals surface area contributed by atoms with Gasteiger partial charge in [-0.1, -0.05) is 11.8 Å². The third-order valence-electron chi connectivity index (χ3n) is 4.57. The van der Waals surface area contributed by atoms with Gasteiger partial charge in [0.15, 0.2) is 5.16 Å². The minimum absolute atomic E-state index is 0.0590. The number of hydrogen-bond donors (Lipinski definition) is 1. The summed E-state index contributed by atoms with van der Waals surface area (Å²) in [6, 6.07) is 7.22. The molecule has 0 unspecified atom stereocenters. The van der Waals surface area contributed by atoms with Gasteiger partial charge in [0, 0.05) is 25.3 Å². The fraction of sp³-hybridized carbons (Fsp3) is 0.500. The highest BCUT2D eigenvalue weighted by Gasteiger charge is 2.20. The molecule has 1 aliphatic rings. The summed E-state index contributed by atoms with van der Waals surface area (Å²) in [6.07, 6.45) is 0.103. The van der Waals surface area contributed by atoms with Crippen molar-refractivity contribution in [3.63, 3.8) is 0 Å². The molecule has 162 valence electrons. The van der Waals surface area contributed by atoms with E-state index in [-0.39, 0.29) is 24.0 Å². The zero-order chi connectivity index (χ0) is 21.3. The number of carbonyl (C=O) groups excluding carboxylic acids is 2. The normalized spacial score (nSPS) is 13.9. The molecule has 1 aromatic carbocycles. The van der Waals surface area contributed by atoms with Crippen LogP contribution in [0.2, 0.25) is 0 Å². The first-order valence-corrected chi connectivity index (χ1v) is 11.0. The first kappa shape index (κ1) is 22.1. The summed E-state index contributed by atoms with van der Waals surface area (Å²) < 4.78 is 12.6. The van der Waals surface area contributed by atoms with E-state index in [2.05, 4.69) is 15.5 Å². The molecular weight excluding hydrogens is 406 g/mol. The maximum Gasteiger partial charge on any atom is 0.233 e. The van der Waals surface area contributed by atoms with Gasteiger partial charge in [-0.05, 0) is 38.1 Å². The van der Waals surface area contributed by atoms with E-state index in [9.17, 15) is 9.59 Å². The quantitative estimate of drug-likeness (QED) is 0.603. The second-order valence-electron chi connectivity index (χ2n) is 6.61. The Balaban J connectivity index is 1.55. The van der Waals surface area contributed by atoms with Crippen molar-refractivity contribution in [2.45, 2.75) is 32.0 Å². The summed E-state index contributed by atoms with van der Waals surface area (Å²) in [7, 11) is 0. The first-order valence-electron chi connectivity index (χ1n) is 10.0. The molecular formula is C20H27N5O4S. The van der Waals surface area contributed by atoms with E-state index in [1.54, 1.807) is 17.0 Å². The van der Waals surface area contributed by atoms with Crippen LogP contribution < -0.4 is 10.1 Å². The number of thioether (sulfide) groups is 1. The number of nitrogens with zero attached hydrogens (tertiary/aromatic N) is 4. The van der Waals surface area contributed by atoms with Crippen molar-refractivity contribution in [2.75, 3.05) is 44.0 Å². The summed E-state index contributed by atoms with van der Waals surface area (Å²) in [5, 5.41) is 11.8. The number of nitrogens with one attached hydrogen (secondary N) is 1. The minimum atomic E-state index is -0.179. The van der Waals surface area contributed by atoms with E-state index in [0.29, 0.717) is 56.1 Å². The molecule has 0 atom stereocenters. The summed E-state index contributed by atoms with van der Waals surface area (Å²) in [4.78, 5) is 26.6. The molecule has 1 N–H and O–H groups in total. The molecule has 2 heterocycles. The van der Waals surface area contributed by atoms with Gasteiger partial charge in [-0.3, -0.25) is 9.59 Å². The van der Waals surface area contributed by atoms with E-state index < -0.39 is 0 Å². The molecule has 9 nitrogen and oxygen atoms in total. The van der Waals surface area contributed by atoms with E-state index in [4.69, 9.17) is 9.47 Å². The fourth-order valence-corrected chi connectivity index (χ4v) is 3.98. The van der Waals surface area contributed by atoms with Crippen LogP contribution >= 0.6 is 11.8 Å². The van der Waals surface area contributed by atoms with Crippen LogP contribution in [0.1, 0.15) is 19.7 Å². The summed E-state index contributed by atoms with van der Waals surface area (Å²) in [6.45, 7) is 7.50. The van der Waals surface area contributed by atoms with Crippen LogP contribution in [0, 0.1) is 0 Å². The van der Waals surface area contributed by atoms with Crippen LogP contribution in [-0.4, -0.2) is 70.1 Å². The molecule has 3 rings (SSSR count). The van der Waals surface area contributed by atoms with Gasteiger partial charge in [0.2, 0.25) is 11.8 Å². The van der Waals surface area contributed by atoms with Gasteiger partial charge < -0.3 is 24.3 Å². The standard InChI is InChI=1S/C20H27N5O4S/c1-3-25-17(13-18(26)21-15-5-7-16(8-6-15)29-4-2)22-23-20(25)30-14-19(27)24-9-11-28-12-10-24/h5-8H,3-4,9-14H2,1-2H3,(H,21,26). The molecule has 1 fully saturated rings. The lowest BCUT2D eigenvalue weighted by atomic mass is 10.3. The molecule has 1 aromatic heterocycles. The highest BCUT2D eigenvalue weighted by molar-refractivity contribution is 7.99. The number of aromatic nitrogens is 3. The molecule has 1 aliphatic heterocycles. The summed E-state index contributed by atoms with van der Waals surface area (Å²) in [5.41, 5.74) is 0.691. The average Bonchev–Trinajstić information content (AvgIpc) is 3.15. The molecule has 0 saturated carbocycles. The van der Waals surface area contributed by atoms with Gasteiger partial charge in [-0.2, -0.15) is 0 Å². The zero-order valence-corrected chi connectivity index (χ0v) is 18.1. The van der Waals surface area contributed by atoms with Crippen LogP contribution in [0.15, 0.2) is 29.4 Å². The highest BCUT2D eigenvalue weighted by atomic mass is 32.2. The van der Waals surface area contributed by atoms with Crippen LogP contribution in [0.3, 0.4) is 0 Å². The second kappa shape index (κ2) is 11.0. The van der Waals surface area contributed by atoms with Gasteiger partial charge in [0.25, 0.3) is 0 Å². The van der Waals surface area contributed by atoms with Crippen molar-refractivity contribution in [3.05, 3.63) is 30.1 Å². The van der Waals surface area contributed by atoms with Gasteiger partial charge in [0.1, 0.15) is 11.6 Å². The van der Waals surface area contributed by atoms with Crippen LogP contribution in [0.25, 0.3) is 0 Å². The monoisotopic (exact) mass is 433 g/mol. The third-order valence-corrected chi connectivity index (χ3v) is 5.52. The number of ether oxygens (including phenoxy) is 2. The predicted octanol–water partition coefficient (Wildman–Crippen LogP) is 1.83. The average molecular weight is 434 g/mol. The largest absolute Gasteiger partial charge is 0.494 e. The molecule has 0 spiro atoms. The Hall–Kier alpha value is -2.59. The predicted molar refractivity (Wildman–Crippen MR) is 114 cm³/mol. The van der Waals surface area contributed by atoms with Crippen LogP contribution in [0.4, 0.5) is 5.69 Å². The number of rotatable bonds is 9. The highest BCUT2D eigenvalue weighted by Crippen LogP contribution is 2.19. The van der Waals surface area contributed by atoms with E-state index >= 15 is 0 Å². The zero-order valence-electron chi connectivity index (χ0n) is 17.3. The molecule has 0 radical (unpaired) electrons. The molecule has 2 amide bonds. The van der Waals surface area contributed by atoms with Crippen molar-refractivity contribution < 1.29 is 19.1 Å². The second-order valence-corrected chi connectivity index (χ2v) is 7.55. The topological polar surface area (TPSA) is 98.6 Å². The minimum Gasteiger partial charge on any atom is -0.494 e. The first-order chi connectivity index (χ1) is 14.6. The Kier molecular flexibility index (Phi) is 8.09. The van der Waals surface area contributed by atoms with Crippen LogP contribution in [0.5, 0.6) is 5.75 Å². The van der Waals surface area contributed by atoms with Gasteiger partial charge >= 0.3 is 0 Å². The third kappa shape index (κ3) is 5.96. The smallest absolute Gasteiger partial charge is 0.233 e. The van der Waals surface area contributed by atoms with Crippen molar-refractivity contribution in [1.29, 1.82) is 0 Å². The van der Waals surface area contributed by atoms with Gasteiger partial charge in [-0.15, -0.1) is 10.2 Å². The van der Waals surface area contributed by atoms with E-state index in [1.165, 1.54) is 11.8 Å². The number of benzene rings is 1. The molecule has 2 aromatic rings. The number of anilines is 1. The number of hydrogen-bond acceptors (Lipinski definition) is 7. The van der Waals surface area contributed by atoms with Crippen LogP contribution in [-0.2, 0) is 27.3 Å². The summed E-state index contributed by atoms with van der Waals surface area (Å²) in [5.74, 6) is 1.50. The van der Waals surface area contributed by atoms with Gasteiger partial charge in [-0.25, -0.2) is 0 Å². The number of carbonyl (C=O) groups is 2. The van der Waals surface area contributed by atoms with E-state index in [1.807, 2.05) is 30.5 Å². The van der Waals surface area contributed by atoms with Crippen molar-refractivity contribution >= 4 is 29.3 Å². The summed E-state index contributed by atoms with van der Waals surface area (Å²) >= 11 is 1.34. The number of morpholine rings is 1. The maximum absolute atomic E-state index is 12.4. The van der Waals surface area contributed by atoms with Crippen molar-refractivity contribution in [3.8, 4) is 5.75 Å². The Morgan fingerprint density at radius 3 is 2.57 bits per heavy atom. The lowest BCUT2D eigenvalue weighted by molar-refractivity contribution is -0.132. The lowest BCUT2D eigenvalue weighted by Crippen LogP contribution is -2.41. The Morgan fingerprint density at radius 2 is 1.90 bits per heavy atom. The maximum atomic E-state index is 12.4.